The van der Waals surface area contributed by atoms with Crippen molar-refractivity contribution in [2.45, 2.75) is 347 Å². The van der Waals surface area contributed by atoms with Gasteiger partial charge in [0.25, 0.3) is 0 Å². The summed E-state index contributed by atoms with van der Waals surface area (Å²) in [7, 11) is 0. The molecule has 0 heterocycles. The van der Waals surface area contributed by atoms with Crippen LogP contribution in [0.4, 0.5) is 0 Å². The fourth-order valence-corrected chi connectivity index (χ4v) is 15.9. The van der Waals surface area contributed by atoms with Crippen molar-refractivity contribution >= 4 is 72.1 Å². The second-order valence-electron chi connectivity index (χ2n) is 36.3. The van der Waals surface area contributed by atoms with Crippen molar-refractivity contribution in [3.8, 4) is 46.0 Å². The van der Waals surface area contributed by atoms with Crippen LogP contribution in [-0.2, 0) is 57.2 Å². The lowest BCUT2D eigenvalue weighted by Crippen LogP contribution is -2.12. The van der Waals surface area contributed by atoms with Crippen molar-refractivity contribution in [3.63, 3.8) is 0 Å². The third-order valence-electron chi connectivity index (χ3n) is 24.3. The van der Waals surface area contributed by atoms with Crippen LogP contribution in [0.5, 0.6) is 46.0 Å². The molecular weight excluding hydrogens is 1790 g/mol. The molecule has 0 spiro atoms. The van der Waals surface area contributed by atoms with Gasteiger partial charge in [-0.2, -0.15) is 0 Å². The van der Waals surface area contributed by atoms with Crippen molar-refractivity contribution < 1.29 is 105 Å². The van der Waals surface area contributed by atoms with Crippen LogP contribution in [0.1, 0.15) is 390 Å². The fourth-order valence-electron chi connectivity index (χ4n) is 15.9. The van der Waals surface area contributed by atoms with Gasteiger partial charge in [-0.25, -0.2) is 38.4 Å². The Labute approximate surface area is 850 Å². The maximum atomic E-state index is 14.4. The first-order valence-corrected chi connectivity index (χ1v) is 53.6. The average Bonchev–Trinajstić information content (AvgIpc) is 0.813. The molecule has 0 atom stereocenters. The Balaban J connectivity index is 1.25. The molecule has 142 heavy (non-hydrogen) atoms. The monoisotopic (exact) mass is 1960 g/mol. The molecule has 0 bridgehead atoms. The molecule has 0 aliphatic carbocycles. The summed E-state index contributed by atoms with van der Waals surface area (Å²) in [6, 6.07) is 29.9. The first-order valence-electron chi connectivity index (χ1n) is 53.6. The number of esters is 8. The molecule has 0 aliphatic rings. The number of hydrogen-bond donors (Lipinski definition) is 0. The van der Waals surface area contributed by atoms with Gasteiger partial charge < -0.3 is 66.3 Å². The van der Waals surface area contributed by atoms with Crippen molar-refractivity contribution in [2.24, 2.45) is 0 Å². The largest absolute Gasteiger partial charge is 0.490 e. The van der Waals surface area contributed by atoms with Gasteiger partial charge in [0.15, 0.2) is 23.0 Å². The van der Waals surface area contributed by atoms with Crippen LogP contribution in [0.15, 0.2) is 173 Å². The number of ether oxygens (including phenoxy) is 14. The minimum atomic E-state index is -0.555. The molecule has 5 aromatic rings. The number of hydrogen-bond acceptors (Lipinski definition) is 22. The Hall–Kier alpha value is -11.4. The normalized spacial score (nSPS) is 11.0. The average molecular weight is 1960 g/mol. The molecule has 5 aromatic carbocycles. The molecule has 0 radical (unpaired) electrons. The zero-order valence-electron chi connectivity index (χ0n) is 85.9. The summed E-state index contributed by atoms with van der Waals surface area (Å²) in [5.41, 5.74) is 4.37. The smallest absolute Gasteiger partial charge is 0.343 e. The fraction of sp³-hybridized carbons (Fsp3) is 0.550. The van der Waals surface area contributed by atoms with Gasteiger partial charge in [-0.05, 0) is 148 Å². The quantitative estimate of drug-likeness (QED) is 0.00874. The summed E-state index contributed by atoms with van der Waals surface area (Å²) in [4.78, 5) is 97.1. The van der Waals surface area contributed by atoms with Crippen LogP contribution in [-0.4, -0.2) is 127 Å². The second-order valence-corrected chi connectivity index (χ2v) is 36.3. The van der Waals surface area contributed by atoms with E-state index in [1.165, 1.54) is 36.5 Å². The number of carbonyl (C=O) groups is 8. The van der Waals surface area contributed by atoms with Gasteiger partial charge in [0.1, 0.15) is 11.5 Å². The van der Waals surface area contributed by atoms with E-state index in [1.54, 1.807) is 48.5 Å². The Morgan fingerprint density at radius 3 is 0.486 bits per heavy atom. The SMILES string of the molecule is C=CC(=O)OCCCCCCCCCCCOc1cc(C(=O)Oc2ccc(/C=C/c3ccc(/C=C/c4ccc(OC(=O)c5cc(OCCCCCCCCCCCOC(=O)C=C)c(OCCCCCCCCCCCOC(=O)C=C)c(OCCCCCCCCCCCOC(=O)C=C)c5)cc4)cc3)cc2)cc(OCCCCCCCCCCCOC(=O)C=C)c1OCCCCCCCCCCCOC(=O)C=C. The van der Waals surface area contributed by atoms with Gasteiger partial charge in [-0.1, -0.05) is 382 Å². The third-order valence-corrected chi connectivity index (χ3v) is 24.3. The summed E-state index contributed by atoms with van der Waals surface area (Å²) >= 11 is 0. The van der Waals surface area contributed by atoms with Crippen molar-refractivity contribution in [3.05, 3.63) is 206 Å². The van der Waals surface area contributed by atoms with Crippen LogP contribution < -0.4 is 37.9 Å². The van der Waals surface area contributed by atoms with E-state index < -0.39 is 11.9 Å². The highest BCUT2D eigenvalue weighted by atomic mass is 16.6. The van der Waals surface area contributed by atoms with E-state index in [-0.39, 0.29) is 46.9 Å². The molecule has 0 fully saturated rings. The highest BCUT2D eigenvalue weighted by Gasteiger charge is 2.24. The van der Waals surface area contributed by atoms with Crippen LogP contribution in [0.3, 0.4) is 0 Å². The van der Waals surface area contributed by atoms with Crippen LogP contribution in [0, 0.1) is 0 Å². The maximum Gasteiger partial charge on any atom is 0.343 e. The predicted molar refractivity (Wildman–Crippen MR) is 569 cm³/mol. The second kappa shape index (κ2) is 83.1. The maximum absolute atomic E-state index is 14.4. The zero-order chi connectivity index (χ0) is 102. The summed E-state index contributed by atoms with van der Waals surface area (Å²) in [5.74, 6) is 0.121. The lowest BCUT2D eigenvalue weighted by atomic mass is 10.1. The molecule has 0 aromatic heterocycles. The van der Waals surface area contributed by atoms with Gasteiger partial charge >= 0.3 is 47.8 Å². The summed E-state index contributed by atoms with van der Waals surface area (Å²) in [6.45, 7) is 25.9. The Morgan fingerprint density at radius 2 is 0.324 bits per heavy atom. The van der Waals surface area contributed by atoms with E-state index in [9.17, 15) is 38.4 Å². The molecular formula is C120H170O22. The summed E-state index contributed by atoms with van der Waals surface area (Å²) < 4.78 is 82.6. The van der Waals surface area contributed by atoms with E-state index in [1.807, 2.05) is 48.6 Å². The molecule has 22 nitrogen and oxygen atoms in total. The first kappa shape index (κ1) is 121. The third kappa shape index (κ3) is 61.4. The topological polar surface area (TPSA) is 266 Å². The minimum Gasteiger partial charge on any atom is -0.490 e. The lowest BCUT2D eigenvalue weighted by Gasteiger charge is -2.19. The number of benzene rings is 5. The van der Waals surface area contributed by atoms with Gasteiger partial charge in [0.05, 0.1) is 90.4 Å². The van der Waals surface area contributed by atoms with E-state index in [2.05, 4.69) is 63.7 Å². The van der Waals surface area contributed by atoms with Crippen LogP contribution in [0.2, 0.25) is 0 Å². The van der Waals surface area contributed by atoms with Gasteiger partial charge in [-0.15, -0.1) is 0 Å². The highest BCUT2D eigenvalue weighted by molar-refractivity contribution is 5.94. The summed E-state index contributed by atoms with van der Waals surface area (Å²) in [6.07, 6.45) is 70.6. The van der Waals surface area contributed by atoms with Crippen LogP contribution >= 0.6 is 0 Å². The molecule has 0 saturated heterocycles. The number of rotatable bonds is 92. The van der Waals surface area contributed by atoms with Gasteiger partial charge in [0, 0.05) is 36.5 Å². The summed E-state index contributed by atoms with van der Waals surface area (Å²) in [5, 5.41) is 0. The van der Waals surface area contributed by atoms with Crippen molar-refractivity contribution in [2.75, 3.05) is 79.3 Å². The molecule has 5 rings (SSSR count). The molecule has 0 N–H and O–H groups in total. The molecule has 0 saturated carbocycles. The Bertz CT molecular complexity index is 3980. The molecule has 782 valence electrons. The van der Waals surface area contributed by atoms with Crippen LogP contribution in [0.25, 0.3) is 24.3 Å². The van der Waals surface area contributed by atoms with E-state index in [0.717, 1.165) is 369 Å². The van der Waals surface area contributed by atoms with E-state index >= 15 is 0 Å². The molecule has 0 amide bonds. The molecule has 22 heteroatoms. The van der Waals surface area contributed by atoms with Crippen molar-refractivity contribution in [1.82, 2.24) is 0 Å². The lowest BCUT2D eigenvalue weighted by molar-refractivity contribution is -0.138. The zero-order valence-corrected chi connectivity index (χ0v) is 85.9. The number of carbonyl (C=O) groups excluding carboxylic acids is 8. The Kier molecular flexibility index (Phi) is 70.8. The number of unbranched alkanes of at least 4 members (excludes halogenated alkanes) is 48. The first-order chi connectivity index (χ1) is 69.6. The predicted octanol–water partition coefficient (Wildman–Crippen LogP) is 30.2. The van der Waals surface area contributed by atoms with Gasteiger partial charge in [-0.3, -0.25) is 0 Å². The molecule has 0 aliphatic heterocycles. The van der Waals surface area contributed by atoms with E-state index in [0.29, 0.717) is 125 Å². The van der Waals surface area contributed by atoms with Crippen molar-refractivity contribution in [1.29, 1.82) is 0 Å². The highest BCUT2D eigenvalue weighted by Crippen LogP contribution is 2.42. The minimum absolute atomic E-state index is 0.282. The molecule has 0 unspecified atom stereocenters. The van der Waals surface area contributed by atoms with Gasteiger partial charge in [0.2, 0.25) is 11.5 Å². The standard InChI is InChI=1S/C120H170O22/c1-7-111(121)133-87-59-47-35-23-13-19-31-43-55-83-129-107-95-103(96-108(130-84-56-44-32-20-14-24-36-48-60-88-134-112(122)8-2)117(107)139-93-65-53-41-29-17-27-39-51-63-91-137-115(125)11-5)119(127)141-105-79-75-101(76-80-105)73-71-99-67-69-100(70-68-99)72-74-102-77-81-106(82-78-102)142-120(128)104-97-109(131-85-57-45-33-21-15-25-37-49-61-89-135-113(123)9-3)118(140-94-66-54-42-30-18-28-40-52-64-92-138-116(126)12-6)110(98-104)132-86-58-46-34-22-16-26-38-50-62-90-136-114(124)10-4/h7-12,67-82,95-98H,1-6,13-66,83-94H2/b73-71+,74-72+. The van der Waals surface area contributed by atoms with E-state index in [4.69, 9.17) is 66.3 Å². The Morgan fingerprint density at radius 1 is 0.183 bits per heavy atom.